The predicted molar refractivity (Wildman–Crippen MR) is 115 cm³/mol. The van der Waals surface area contributed by atoms with E-state index in [9.17, 15) is 5.11 Å². The second-order valence-corrected chi connectivity index (χ2v) is 9.70. The van der Waals surface area contributed by atoms with Gasteiger partial charge in [-0.1, -0.05) is 36.0 Å². The molecule has 1 aliphatic heterocycles. The average molecular weight is 403 g/mol. The van der Waals surface area contributed by atoms with Crippen molar-refractivity contribution in [1.82, 2.24) is 0 Å². The van der Waals surface area contributed by atoms with Crippen LogP contribution >= 0.6 is 22.7 Å². The van der Waals surface area contributed by atoms with Gasteiger partial charge in [0.1, 0.15) is 17.2 Å². The fourth-order valence-corrected chi connectivity index (χ4v) is 7.32. The first kappa shape index (κ1) is 17.3. The zero-order chi connectivity index (χ0) is 18.9. The predicted octanol–water partition coefficient (Wildman–Crippen LogP) is 7.13. The summed E-state index contributed by atoms with van der Waals surface area (Å²) in [5, 5.41) is 9.41. The van der Waals surface area contributed by atoms with Gasteiger partial charge in [-0.25, -0.2) is 0 Å². The van der Waals surface area contributed by atoms with Gasteiger partial charge in [0.05, 0.1) is 0 Å². The third-order valence-corrected chi connectivity index (χ3v) is 8.61. The molecule has 4 heteroatoms. The van der Waals surface area contributed by atoms with Crippen molar-refractivity contribution in [3.8, 4) is 17.2 Å². The Morgan fingerprint density at radius 3 is 1.68 bits per heavy atom. The average Bonchev–Trinajstić information content (AvgIpc) is 2.74. The molecule has 1 aliphatic rings. The number of thiol groups is 1. The minimum atomic E-state index is -0.584. The Kier molecular flexibility index (Phi) is 4.51. The van der Waals surface area contributed by atoms with Gasteiger partial charge in [-0.15, -0.1) is 0 Å². The molecular formula is C24H18O2S2. The normalized spacial score (nSPS) is 13.5. The smallest absolute Gasteiger partial charge is 0.127 e. The summed E-state index contributed by atoms with van der Waals surface area (Å²) in [5.41, 5.74) is 0. The molecule has 0 saturated carbocycles. The highest BCUT2D eigenvalue weighted by Crippen LogP contribution is 2.61. The largest absolute Gasteiger partial charge is 0.508 e. The van der Waals surface area contributed by atoms with Gasteiger partial charge >= 0.3 is 0 Å². The van der Waals surface area contributed by atoms with Gasteiger partial charge in [0.15, 0.2) is 0 Å². The molecule has 0 amide bonds. The lowest BCUT2D eigenvalue weighted by molar-refractivity contribution is 0.464. The Labute approximate surface area is 171 Å². The standard InChI is InChI=1S/C24H18O2S2/c25-17-9-11-18(12-10-17)26-19-13-15-20(16-14-19)28-23-7-3-1-5-21(23)27-22-6-2-4-8-24(22)28/h1-16,25,28H. The lowest BCUT2D eigenvalue weighted by Gasteiger charge is -2.31. The number of ether oxygens (including phenoxy) is 1. The molecule has 1 N–H and O–H groups in total. The summed E-state index contributed by atoms with van der Waals surface area (Å²) in [6, 6.07) is 32.6. The molecule has 0 radical (unpaired) electrons. The van der Waals surface area contributed by atoms with Crippen LogP contribution in [-0.4, -0.2) is 5.11 Å². The molecule has 0 spiro atoms. The van der Waals surface area contributed by atoms with Crippen LogP contribution in [0, 0.1) is 0 Å². The number of fused-ring (bicyclic) bond motifs is 2. The van der Waals surface area contributed by atoms with Crippen LogP contribution in [0.1, 0.15) is 0 Å². The number of phenolic OH excluding ortho intramolecular Hbond substituents is 1. The number of phenols is 1. The molecule has 0 fully saturated rings. The number of aromatic hydroxyl groups is 1. The minimum Gasteiger partial charge on any atom is -0.508 e. The van der Waals surface area contributed by atoms with Crippen LogP contribution in [0.15, 0.2) is 122 Å². The number of hydrogen-bond donors (Lipinski definition) is 2. The zero-order valence-corrected chi connectivity index (χ0v) is 16.7. The molecule has 1 heterocycles. The molecule has 0 aliphatic carbocycles. The maximum absolute atomic E-state index is 9.41. The highest BCUT2D eigenvalue weighted by molar-refractivity contribution is 8.18. The van der Waals surface area contributed by atoms with E-state index in [0.29, 0.717) is 5.75 Å². The molecule has 0 saturated heterocycles. The van der Waals surface area contributed by atoms with Crippen molar-refractivity contribution in [1.29, 1.82) is 0 Å². The Morgan fingerprint density at radius 1 is 0.607 bits per heavy atom. The molecule has 0 unspecified atom stereocenters. The molecule has 138 valence electrons. The second kappa shape index (κ2) is 7.30. The monoisotopic (exact) mass is 402 g/mol. The van der Waals surface area contributed by atoms with Crippen LogP contribution in [0.25, 0.3) is 0 Å². The van der Waals surface area contributed by atoms with Gasteiger partial charge in [-0.3, -0.25) is 0 Å². The first-order chi connectivity index (χ1) is 13.8. The fourth-order valence-electron chi connectivity index (χ4n) is 3.30. The summed E-state index contributed by atoms with van der Waals surface area (Å²) < 4.78 is 5.91. The third-order valence-electron chi connectivity index (χ3n) is 4.60. The van der Waals surface area contributed by atoms with E-state index >= 15 is 0 Å². The molecule has 0 bridgehead atoms. The molecule has 2 nitrogen and oxygen atoms in total. The maximum Gasteiger partial charge on any atom is 0.127 e. The summed E-state index contributed by atoms with van der Waals surface area (Å²) >= 11 is 1.86. The van der Waals surface area contributed by atoms with Gasteiger partial charge in [-0.05, 0) is 77.7 Å². The van der Waals surface area contributed by atoms with Crippen LogP contribution in [-0.2, 0) is 0 Å². The van der Waals surface area contributed by atoms with E-state index < -0.39 is 10.9 Å². The molecule has 5 rings (SSSR count). The molecule has 0 atom stereocenters. The number of rotatable bonds is 3. The third kappa shape index (κ3) is 3.26. The first-order valence-electron chi connectivity index (χ1n) is 9.01. The van der Waals surface area contributed by atoms with E-state index in [2.05, 4.69) is 60.7 Å². The Morgan fingerprint density at radius 2 is 1.11 bits per heavy atom. The molecule has 4 aromatic rings. The van der Waals surface area contributed by atoms with Crippen molar-refractivity contribution in [2.45, 2.75) is 24.5 Å². The van der Waals surface area contributed by atoms with E-state index in [1.165, 1.54) is 24.5 Å². The molecule has 0 aromatic heterocycles. The Balaban J connectivity index is 1.50. The van der Waals surface area contributed by atoms with Crippen molar-refractivity contribution in [2.24, 2.45) is 0 Å². The van der Waals surface area contributed by atoms with E-state index in [1.54, 1.807) is 24.3 Å². The van der Waals surface area contributed by atoms with Crippen LogP contribution in [0.2, 0.25) is 0 Å². The lowest BCUT2D eigenvalue weighted by Crippen LogP contribution is -1.97. The summed E-state index contributed by atoms with van der Waals surface area (Å²) in [6.45, 7) is 0. The SMILES string of the molecule is Oc1ccc(Oc2ccc([SH]3c4ccccc4Sc4ccccc43)cc2)cc1. The van der Waals surface area contributed by atoms with Crippen LogP contribution < -0.4 is 4.74 Å². The summed E-state index contributed by atoms with van der Waals surface area (Å²) in [6.07, 6.45) is 0. The maximum atomic E-state index is 9.41. The van der Waals surface area contributed by atoms with Gasteiger partial charge in [0, 0.05) is 19.6 Å². The van der Waals surface area contributed by atoms with Gasteiger partial charge in [-0.2, -0.15) is 10.9 Å². The molecular weight excluding hydrogens is 384 g/mol. The first-order valence-corrected chi connectivity index (χ1v) is 11.2. The van der Waals surface area contributed by atoms with Crippen LogP contribution in [0.3, 0.4) is 0 Å². The number of benzene rings is 4. The van der Waals surface area contributed by atoms with Crippen LogP contribution in [0.4, 0.5) is 0 Å². The number of hydrogen-bond acceptors (Lipinski definition) is 3. The van der Waals surface area contributed by atoms with Crippen LogP contribution in [0.5, 0.6) is 17.2 Å². The van der Waals surface area contributed by atoms with E-state index in [4.69, 9.17) is 4.74 Å². The van der Waals surface area contributed by atoms with Gasteiger partial charge in [0.25, 0.3) is 0 Å². The van der Waals surface area contributed by atoms with Crippen molar-refractivity contribution in [2.75, 3.05) is 0 Å². The van der Waals surface area contributed by atoms with Crippen molar-refractivity contribution < 1.29 is 9.84 Å². The van der Waals surface area contributed by atoms with Crippen molar-refractivity contribution >= 4 is 22.7 Å². The van der Waals surface area contributed by atoms with Gasteiger partial charge < -0.3 is 9.84 Å². The van der Waals surface area contributed by atoms with E-state index in [-0.39, 0.29) is 5.75 Å². The highest BCUT2D eigenvalue weighted by atomic mass is 32.2. The minimum absolute atomic E-state index is 0.234. The summed E-state index contributed by atoms with van der Waals surface area (Å²) in [5.74, 6) is 1.73. The second-order valence-electron chi connectivity index (χ2n) is 6.46. The topological polar surface area (TPSA) is 29.5 Å². The van der Waals surface area contributed by atoms with E-state index in [0.717, 1.165) is 5.75 Å². The quantitative estimate of drug-likeness (QED) is 0.315. The lowest BCUT2D eigenvalue weighted by atomic mass is 10.3. The molecule has 4 aromatic carbocycles. The highest BCUT2D eigenvalue weighted by Gasteiger charge is 2.24. The Bertz CT molecular complexity index is 1080. The van der Waals surface area contributed by atoms with Gasteiger partial charge in [0.2, 0.25) is 0 Å². The fraction of sp³-hybridized carbons (Fsp3) is 0. The van der Waals surface area contributed by atoms with Crippen molar-refractivity contribution in [3.63, 3.8) is 0 Å². The summed E-state index contributed by atoms with van der Waals surface area (Å²) in [4.78, 5) is 6.82. The Hall–Kier alpha value is -2.82. The zero-order valence-electron chi connectivity index (χ0n) is 14.9. The van der Waals surface area contributed by atoms with Crippen molar-refractivity contribution in [3.05, 3.63) is 97.1 Å². The summed E-state index contributed by atoms with van der Waals surface area (Å²) in [7, 11) is -0.584. The molecule has 28 heavy (non-hydrogen) atoms. The van der Waals surface area contributed by atoms with E-state index in [1.807, 2.05) is 23.9 Å².